The van der Waals surface area contributed by atoms with Crippen molar-refractivity contribution in [2.24, 2.45) is 29.0 Å². The van der Waals surface area contributed by atoms with Crippen molar-refractivity contribution < 1.29 is 53.4 Å². The van der Waals surface area contributed by atoms with Gasteiger partial charge < -0.3 is 64.3 Å². The molecule has 7 atom stereocenters. The number of carbonyl (C=O) groups excluding carboxylic acids is 8. The average molecular weight is 947 g/mol. The number of hydrogen-bond donors (Lipinski definition) is 12. The molecule has 0 spiro atoms. The number of H-pyrrole nitrogens is 1. The van der Waals surface area contributed by atoms with Crippen molar-refractivity contribution in [1.29, 1.82) is 0 Å². The Morgan fingerprint density at radius 1 is 0.735 bits per heavy atom. The smallest absolute Gasteiger partial charge is 0.305 e. The lowest BCUT2D eigenvalue weighted by Crippen LogP contribution is -2.62. The van der Waals surface area contributed by atoms with Crippen molar-refractivity contribution in [2.75, 3.05) is 0 Å². The summed E-state index contributed by atoms with van der Waals surface area (Å²) in [5.74, 6) is -9.09. The van der Waals surface area contributed by atoms with Gasteiger partial charge in [-0.3, -0.25) is 43.2 Å². The van der Waals surface area contributed by atoms with Crippen molar-refractivity contribution in [3.8, 4) is 5.75 Å². The van der Waals surface area contributed by atoms with Crippen LogP contribution in [0.2, 0.25) is 0 Å². The zero-order valence-corrected chi connectivity index (χ0v) is 38.9. The molecule has 15 N–H and O–H groups in total. The van der Waals surface area contributed by atoms with E-state index >= 15 is 0 Å². The number of carbonyl (C=O) groups is 9. The van der Waals surface area contributed by atoms with E-state index in [0.717, 1.165) is 19.3 Å². The molecule has 0 unspecified atom stereocenters. The Labute approximate surface area is 394 Å². The van der Waals surface area contributed by atoms with E-state index in [4.69, 9.17) is 17.2 Å². The highest BCUT2D eigenvalue weighted by Gasteiger charge is 2.37. The lowest BCUT2D eigenvalue weighted by atomic mass is 9.83. The highest BCUT2D eigenvalue weighted by molar-refractivity contribution is 5.99. The summed E-state index contributed by atoms with van der Waals surface area (Å²) in [6.45, 7) is 6.14. The first-order valence-electron chi connectivity index (χ1n) is 22.8. The van der Waals surface area contributed by atoms with Gasteiger partial charge in [-0.1, -0.05) is 69.9 Å². The number of fused-ring (bicyclic) bond motifs is 1. The maximum Gasteiger partial charge on any atom is 0.305 e. The van der Waals surface area contributed by atoms with E-state index in [1.807, 2.05) is 0 Å². The van der Waals surface area contributed by atoms with Gasteiger partial charge in [0.25, 0.3) is 0 Å². The summed E-state index contributed by atoms with van der Waals surface area (Å²) < 4.78 is 0. The molecule has 1 aliphatic carbocycles. The molecule has 370 valence electrons. The maximum atomic E-state index is 14.4. The zero-order chi connectivity index (χ0) is 50.3. The molecule has 1 saturated carbocycles. The number of carboxylic acids is 1. The highest BCUT2D eigenvalue weighted by atomic mass is 16.4. The molecule has 8 amide bonds. The van der Waals surface area contributed by atoms with Gasteiger partial charge in [-0.05, 0) is 74.3 Å². The Morgan fingerprint density at radius 3 is 1.91 bits per heavy atom. The van der Waals surface area contributed by atoms with Gasteiger partial charge in [0.2, 0.25) is 47.3 Å². The number of aromatic nitrogens is 1. The molecular formula is C47H66N10O11. The Hall–Kier alpha value is -7.03. The third-order valence-corrected chi connectivity index (χ3v) is 12.2. The molecule has 1 aromatic heterocycles. The van der Waals surface area contributed by atoms with Crippen molar-refractivity contribution >= 4 is 64.1 Å². The van der Waals surface area contributed by atoms with Gasteiger partial charge in [-0.15, -0.1) is 0 Å². The van der Waals surface area contributed by atoms with Crippen LogP contribution in [-0.4, -0.2) is 110 Å². The zero-order valence-electron chi connectivity index (χ0n) is 38.9. The molecule has 0 aliphatic heterocycles. The van der Waals surface area contributed by atoms with Crippen molar-refractivity contribution in [3.63, 3.8) is 0 Å². The van der Waals surface area contributed by atoms with Crippen LogP contribution in [0.1, 0.15) is 96.6 Å². The summed E-state index contributed by atoms with van der Waals surface area (Å²) in [7, 11) is 0. The van der Waals surface area contributed by atoms with E-state index in [9.17, 15) is 53.4 Å². The minimum atomic E-state index is -1.68. The van der Waals surface area contributed by atoms with Crippen LogP contribution in [-0.2, 0) is 56.0 Å². The predicted molar refractivity (Wildman–Crippen MR) is 250 cm³/mol. The number of phenolic OH excluding ortho intramolecular Hbond substituents is 1. The summed E-state index contributed by atoms with van der Waals surface area (Å²) in [4.78, 5) is 123. The number of rotatable bonds is 25. The van der Waals surface area contributed by atoms with Gasteiger partial charge in [0.15, 0.2) is 0 Å². The first-order chi connectivity index (χ1) is 32.1. The monoisotopic (exact) mass is 946 g/mol. The number of aromatic amines is 1. The average Bonchev–Trinajstić information content (AvgIpc) is 3.70. The first kappa shape index (κ1) is 53.6. The molecule has 3 aromatic rings. The number of para-hydroxylation sites is 1. The summed E-state index contributed by atoms with van der Waals surface area (Å²) >= 11 is 0. The second-order valence-corrected chi connectivity index (χ2v) is 18.1. The topological polar surface area (TPSA) is 360 Å². The molecular weight excluding hydrogens is 881 g/mol. The number of carboxylic acid groups (broad SMARTS) is 1. The first-order valence-corrected chi connectivity index (χ1v) is 22.8. The highest BCUT2D eigenvalue weighted by Crippen LogP contribution is 2.27. The van der Waals surface area contributed by atoms with Crippen LogP contribution in [0.15, 0.2) is 54.7 Å². The van der Waals surface area contributed by atoms with E-state index in [1.54, 1.807) is 56.4 Å². The number of nitrogens with one attached hydrogen (secondary N) is 7. The second kappa shape index (κ2) is 24.7. The molecule has 1 heterocycles. The fourth-order valence-corrected chi connectivity index (χ4v) is 7.99. The molecule has 0 radical (unpaired) electrons. The van der Waals surface area contributed by atoms with Crippen molar-refractivity contribution in [2.45, 2.75) is 140 Å². The van der Waals surface area contributed by atoms with Crippen LogP contribution in [0.5, 0.6) is 5.75 Å². The fraction of sp³-hybridized carbons (Fsp3) is 0.511. The summed E-state index contributed by atoms with van der Waals surface area (Å²) in [5.41, 5.74) is 17.4. The van der Waals surface area contributed by atoms with Crippen LogP contribution in [0, 0.1) is 11.8 Å². The Bertz CT molecular complexity index is 2290. The van der Waals surface area contributed by atoms with E-state index in [0.29, 0.717) is 41.3 Å². The Morgan fingerprint density at radius 2 is 1.31 bits per heavy atom. The van der Waals surface area contributed by atoms with Crippen LogP contribution in [0.4, 0.5) is 0 Å². The van der Waals surface area contributed by atoms with E-state index in [1.165, 1.54) is 26.0 Å². The minimum Gasteiger partial charge on any atom is -0.508 e. The largest absolute Gasteiger partial charge is 0.508 e. The predicted octanol–water partition coefficient (Wildman–Crippen LogP) is 0.157. The molecule has 4 rings (SSSR count). The standard InChI is InChI=1S/C47H66N10O11/c1-5-25(2)38(45(67)54-33(21-26-15-17-29(58)18-16-26)44(66)57-39(40(49)62)27-11-7-6-8-12-27)56-41(63)32(19-20-36(48)59)52-42(64)34(22-28-24-51-31-14-10-9-13-30(28)31)53-43(65)35(23-37(60)61)55-46(68)47(3,4)50/h9-10,13-18,24-25,27,32-35,38-39,51,58H,5-8,11-12,19-23,50H2,1-4H3,(H2,48,59)(H2,49,62)(H,52,64)(H,53,65)(H,54,67)(H,55,68)(H,56,63)(H,57,66)(H,60,61)/t25-,32-,33-,34-,35-,38-,39-/m0/s1. The molecule has 1 aliphatic rings. The lowest BCUT2D eigenvalue weighted by molar-refractivity contribution is -0.141. The van der Waals surface area contributed by atoms with E-state index in [-0.39, 0.29) is 30.9 Å². The minimum absolute atomic E-state index is 0.0309. The van der Waals surface area contributed by atoms with Gasteiger partial charge in [-0.2, -0.15) is 0 Å². The van der Waals surface area contributed by atoms with Gasteiger partial charge in [0.1, 0.15) is 42.0 Å². The number of benzene rings is 2. The molecule has 21 nitrogen and oxygen atoms in total. The maximum absolute atomic E-state index is 14.4. The lowest BCUT2D eigenvalue weighted by Gasteiger charge is -2.31. The summed E-state index contributed by atoms with van der Waals surface area (Å²) in [5, 5.41) is 35.8. The number of primary amides is 2. The van der Waals surface area contributed by atoms with Gasteiger partial charge >= 0.3 is 5.97 Å². The van der Waals surface area contributed by atoms with Gasteiger partial charge in [-0.25, -0.2) is 0 Å². The van der Waals surface area contributed by atoms with Crippen LogP contribution in [0.25, 0.3) is 10.9 Å². The quantitative estimate of drug-likeness (QED) is 0.0541. The van der Waals surface area contributed by atoms with Crippen LogP contribution in [0.3, 0.4) is 0 Å². The number of nitrogens with two attached hydrogens (primary N) is 3. The van der Waals surface area contributed by atoms with Crippen LogP contribution < -0.4 is 49.1 Å². The number of amides is 8. The third-order valence-electron chi connectivity index (χ3n) is 12.2. The number of aliphatic carboxylic acids is 1. The van der Waals surface area contributed by atoms with Crippen molar-refractivity contribution in [3.05, 3.63) is 65.9 Å². The number of phenols is 1. The summed E-state index contributed by atoms with van der Waals surface area (Å²) in [6, 6.07) is 4.64. The second-order valence-electron chi connectivity index (χ2n) is 18.1. The summed E-state index contributed by atoms with van der Waals surface area (Å²) in [6.07, 6.45) is 4.05. The number of hydrogen-bond acceptors (Lipinski definition) is 11. The molecule has 0 bridgehead atoms. The molecule has 21 heteroatoms. The Kier molecular flexibility index (Phi) is 19.4. The SMILES string of the molecule is CC[C@H](C)[C@H](NC(=O)[C@H](CCC(N)=O)NC(=O)[C@H](Cc1c[nH]c2ccccc12)NC(=O)[C@H](CC(=O)O)NC(=O)C(C)(C)N)C(=O)N[C@@H](Cc1ccc(O)cc1)C(=O)N[C@H](C(N)=O)C1CCCCC1. The van der Waals surface area contributed by atoms with Crippen LogP contribution >= 0.6 is 0 Å². The van der Waals surface area contributed by atoms with E-state index < -0.39 is 114 Å². The molecule has 1 fully saturated rings. The Balaban J connectivity index is 1.64. The molecule has 2 aromatic carbocycles. The van der Waals surface area contributed by atoms with Gasteiger partial charge in [0, 0.05) is 36.4 Å². The van der Waals surface area contributed by atoms with Crippen molar-refractivity contribution in [1.82, 2.24) is 36.9 Å². The third kappa shape index (κ3) is 15.8. The fourth-order valence-electron chi connectivity index (χ4n) is 7.99. The van der Waals surface area contributed by atoms with Gasteiger partial charge in [0.05, 0.1) is 12.0 Å². The number of aromatic hydroxyl groups is 1. The van der Waals surface area contributed by atoms with E-state index in [2.05, 4.69) is 36.9 Å². The molecule has 68 heavy (non-hydrogen) atoms. The molecule has 0 saturated heterocycles. The normalized spacial score (nSPS) is 16.1.